The van der Waals surface area contributed by atoms with Crippen LogP contribution in [-0.4, -0.2) is 14.9 Å². The second kappa shape index (κ2) is 7.44. The van der Waals surface area contributed by atoms with Crippen LogP contribution in [0, 0.1) is 19.7 Å². The number of benzene rings is 2. The van der Waals surface area contributed by atoms with E-state index in [0.29, 0.717) is 11.7 Å². The third-order valence-electron chi connectivity index (χ3n) is 3.90. The third kappa shape index (κ3) is 4.22. The summed E-state index contributed by atoms with van der Waals surface area (Å²) in [5, 5.41) is 11.3. The molecule has 0 aliphatic carbocycles. The van der Waals surface area contributed by atoms with Gasteiger partial charge in [0.25, 0.3) is 0 Å². The quantitative estimate of drug-likeness (QED) is 0.677. The first-order valence-electron chi connectivity index (χ1n) is 7.94. The zero-order chi connectivity index (χ0) is 17.8. The van der Waals surface area contributed by atoms with Crippen LogP contribution in [0.1, 0.15) is 17.0 Å². The maximum absolute atomic E-state index is 13.0. The Morgan fingerprint density at radius 2 is 1.72 bits per heavy atom. The van der Waals surface area contributed by atoms with Crippen LogP contribution in [0.2, 0.25) is 0 Å². The van der Waals surface area contributed by atoms with Gasteiger partial charge < -0.3 is 10.6 Å². The molecule has 3 rings (SSSR count). The molecule has 0 atom stereocenters. The number of aryl methyl sites for hydroxylation is 1. The van der Waals surface area contributed by atoms with E-state index in [9.17, 15) is 4.39 Å². The van der Waals surface area contributed by atoms with Crippen LogP contribution in [-0.2, 0) is 6.54 Å². The topological polar surface area (TPSA) is 41.9 Å². The number of hydrogen-bond acceptors (Lipinski definition) is 2. The number of thiocarbonyl (C=S) groups is 1. The van der Waals surface area contributed by atoms with Gasteiger partial charge in [-0.3, -0.25) is 4.68 Å². The number of aromatic nitrogens is 2. The van der Waals surface area contributed by atoms with Crippen LogP contribution >= 0.6 is 12.2 Å². The summed E-state index contributed by atoms with van der Waals surface area (Å²) in [6.45, 7) is 4.65. The number of halogens is 1. The summed E-state index contributed by atoms with van der Waals surface area (Å²) in [4.78, 5) is 0. The standard InChI is InChI=1S/C19H19FN4S/c1-13-18(22-19(25)21-17-10-8-16(20)9-11-17)14(2)24(23-13)12-15-6-4-3-5-7-15/h3-11H,12H2,1-2H3,(H2,21,22,25). The monoisotopic (exact) mass is 354 g/mol. The molecule has 0 aliphatic rings. The van der Waals surface area contributed by atoms with Gasteiger partial charge in [0.2, 0.25) is 0 Å². The van der Waals surface area contributed by atoms with Crippen molar-refractivity contribution in [2.75, 3.05) is 10.6 Å². The highest BCUT2D eigenvalue weighted by Gasteiger charge is 2.13. The van der Waals surface area contributed by atoms with Gasteiger partial charge in [0.05, 0.1) is 23.6 Å². The van der Waals surface area contributed by atoms with Crippen molar-refractivity contribution in [2.45, 2.75) is 20.4 Å². The zero-order valence-corrected chi connectivity index (χ0v) is 14.9. The highest BCUT2D eigenvalue weighted by molar-refractivity contribution is 7.80. The van der Waals surface area contributed by atoms with E-state index >= 15 is 0 Å². The van der Waals surface area contributed by atoms with Crippen LogP contribution in [0.4, 0.5) is 15.8 Å². The SMILES string of the molecule is Cc1nn(Cc2ccccc2)c(C)c1NC(=S)Nc1ccc(F)cc1. The van der Waals surface area contributed by atoms with Crippen molar-refractivity contribution < 1.29 is 4.39 Å². The molecular formula is C19H19FN4S. The Morgan fingerprint density at radius 3 is 2.40 bits per heavy atom. The molecule has 25 heavy (non-hydrogen) atoms. The summed E-state index contributed by atoms with van der Waals surface area (Å²) >= 11 is 5.36. The number of rotatable bonds is 4. The van der Waals surface area contributed by atoms with E-state index in [2.05, 4.69) is 27.9 Å². The molecular weight excluding hydrogens is 335 g/mol. The van der Waals surface area contributed by atoms with Gasteiger partial charge in [0, 0.05) is 5.69 Å². The van der Waals surface area contributed by atoms with E-state index in [4.69, 9.17) is 12.2 Å². The number of hydrogen-bond donors (Lipinski definition) is 2. The van der Waals surface area contributed by atoms with Crippen molar-refractivity contribution in [1.29, 1.82) is 0 Å². The molecule has 4 nitrogen and oxygen atoms in total. The molecule has 0 spiro atoms. The summed E-state index contributed by atoms with van der Waals surface area (Å²) in [7, 11) is 0. The van der Waals surface area contributed by atoms with E-state index in [-0.39, 0.29) is 5.82 Å². The normalized spacial score (nSPS) is 10.5. The Hall–Kier alpha value is -2.73. The molecule has 0 saturated heterocycles. The van der Waals surface area contributed by atoms with Gasteiger partial charge in [-0.1, -0.05) is 30.3 Å². The Labute approximate surface area is 151 Å². The number of nitrogens with zero attached hydrogens (tertiary/aromatic N) is 2. The van der Waals surface area contributed by atoms with Gasteiger partial charge in [-0.15, -0.1) is 0 Å². The number of anilines is 2. The van der Waals surface area contributed by atoms with Crippen LogP contribution in [0.25, 0.3) is 0 Å². The first-order valence-corrected chi connectivity index (χ1v) is 8.35. The molecule has 128 valence electrons. The molecule has 2 N–H and O–H groups in total. The van der Waals surface area contributed by atoms with Crippen molar-refractivity contribution in [2.24, 2.45) is 0 Å². The fourth-order valence-electron chi connectivity index (χ4n) is 2.60. The highest BCUT2D eigenvalue weighted by Crippen LogP contribution is 2.21. The largest absolute Gasteiger partial charge is 0.332 e. The molecule has 0 saturated carbocycles. The van der Waals surface area contributed by atoms with E-state index in [1.807, 2.05) is 36.7 Å². The summed E-state index contributed by atoms with van der Waals surface area (Å²) in [5.74, 6) is -0.279. The van der Waals surface area contributed by atoms with E-state index in [1.54, 1.807) is 12.1 Å². The smallest absolute Gasteiger partial charge is 0.175 e. The Bertz CT molecular complexity index is 872. The lowest BCUT2D eigenvalue weighted by atomic mass is 10.2. The summed E-state index contributed by atoms with van der Waals surface area (Å²) < 4.78 is 14.9. The van der Waals surface area contributed by atoms with Gasteiger partial charge >= 0.3 is 0 Å². The maximum Gasteiger partial charge on any atom is 0.175 e. The third-order valence-corrected chi connectivity index (χ3v) is 4.10. The Morgan fingerprint density at radius 1 is 1.04 bits per heavy atom. The molecule has 1 aromatic heterocycles. The average molecular weight is 354 g/mol. The lowest BCUT2D eigenvalue weighted by molar-refractivity contribution is 0.628. The van der Waals surface area contributed by atoms with Crippen molar-refractivity contribution >= 4 is 28.7 Å². The molecule has 3 aromatic rings. The summed E-state index contributed by atoms with van der Waals surface area (Å²) in [6.07, 6.45) is 0. The average Bonchev–Trinajstić information content (AvgIpc) is 2.85. The van der Waals surface area contributed by atoms with Gasteiger partial charge in [-0.25, -0.2) is 4.39 Å². The number of nitrogens with one attached hydrogen (secondary N) is 2. The van der Waals surface area contributed by atoms with Crippen molar-refractivity contribution in [1.82, 2.24) is 9.78 Å². The van der Waals surface area contributed by atoms with Crippen molar-refractivity contribution in [3.8, 4) is 0 Å². The van der Waals surface area contributed by atoms with E-state index in [1.165, 1.54) is 17.7 Å². The molecule has 1 heterocycles. The lowest BCUT2D eigenvalue weighted by Crippen LogP contribution is -2.20. The van der Waals surface area contributed by atoms with Crippen molar-refractivity contribution in [3.05, 3.63) is 77.4 Å². The minimum atomic E-state index is -0.279. The van der Waals surface area contributed by atoms with Gasteiger partial charge in [-0.05, 0) is 55.9 Å². The Kier molecular flexibility index (Phi) is 5.09. The predicted molar refractivity (Wildman–Crippen MR) is 103 cm³/mol. The zero-order valence-electron chi connectivity index (χ0n) is 14.1. The molecule has 6 heteroatoms. The highest BCUT2D eigenvalue weighted by atomic mass is 32.1. The van der Waals surface area contributed by atoms with E-state index < -0.39 is 0 Å². The van der Waals surface area contributed by atoms with Gasteiger partial charge in [-0.2, -0.15) is 5.10 Å². The maximum atomic E-state index is 13.0. The minimum Gasteiger partial charge on any atom is -0.332 e. The molecule has 0 bridgehead atoms. The van der Waals surface area contributed by atoms with Crippen molar-refractivity contribution in [3.63, 3.8) is 0 Å². The molecule has 0 fully saturated rings. The van der Waals surface area contributed by atoms with Crippen LogP contribution in [0.5, 0.6) is 0 Å². The van der Waals surface area contributed by atoms with Crippen LogP contribution in [0.15, 0.2) is 54.6 Å². The van der Waals surface area contributed by atoms with Gasteiger partial charge in [0.1, 0.15) is 5.82 Å². The fourth-order valence-corrected chi connectivity index (χ4v) is 2.82. The Balaban J connectivity index is 1.72. The second-order valence-corrected chi connectivity index (χ2v) is 6.18. The molecule has 2 aromatic carbocycles. The second-order valence-electron chi connectivity index (χ2n) is 5.78. The van der Waals surface area contributed by atoms with Gasteiger partial charge in [0.15, 0.2) is 5.11 Å². The van der Waals surface area contributed by atoms with Crippen LogP contribution < -0.4 is 10.6 Å². The first kappa shape index (κ1) is 17.1. The summed E-state index contributed by atoms with van der Waals surface area (Å²) in [6, 6.07) is 16.2. The fraction of sp³-hybridized carbons (Fsp3) is 0.158. The molecule has 0 unspecified atom stereocenters. The predicted octanol–water partition coefficient (Wildman–Crippen LogP) is 4.50. The van der Waals surface area contributed by atoms with E-state index in [0.717, 1.165) is 22.8 Å². The molecule has 0 amide bonds. The minimum absolute atomic E-state index is 0.279. The first-order chi connectivity index (χ1) is 12.0. The molecule has 0 radical (unpaired) electrons. The lowest BCUT2D eigenvalue weighted by Gasteiger charge is -2.11. The molecule has 0 aliphatic heterocycles. The summed E-state index contributed by atoms with van der Waals surface area (Å²) in [5.41, 5.74) is 4.68. The van der Waals surface area contributed by atoms with Crippen LogP contribution in [0.3, 0.4) is 0 Å².